The Kier molecular flexibility index (Phi) is 6.32. The maximum absolute atomic E-state index is 9.02. The lowest BCUT2D eigenvalue weighted by Crippen LogP contribution is -2.32. The SMILES string of the molecule is CNC(CO)CCOC1CCC(C)C(C)C1. The second-order valence-corrected chi connectivity index (χ2v) is 5.22. The number of nitrogens with one attached hydrogen (secondary N) is 1. The van der Waals surface area contributed by atoms with Crippen molar-refractivity contribution in [3.05, 3.63) is 0 Å². The zero-order valence-corrected chi connectivity index (χ0v) is 10.9. The summed E-state index contributed by atoms with van der Waals surface area (Å²) in [5, 5.41) is 12.1. The van der Waals surface area contributed by atoms with Gasteiger partial charge in [-0.1, -0.05) is 13.8 Å². The molecule has 4 atom stereocenters. The Balaban J connectivity index is 2.13. The fourth-order valence-electron chi connectivity index (χ4n) is 2.35. The number of aliphatic hydroxyl groups is 1. The van der Waals surface area contributed by atoms with E-state index in [0.29, 0.717) is 6.10 Å². The minimum Gasteiger partial charge on any atom is -0.395 e. The van der Waals surface area contributed by atoms with Gasteiger partial charge in [0.2, 0.25) is 0 Å². The van der Waals surface area contributed by atoms with Crippen molar-refractivity contribution >= 4 is 0 Å². The van der Waals surface area contributed by atoms with Gasteiger partial charge in [-0.3, -0.25) is 0 Å². The molecule has 3 heteroatoms. The van der Waals surface area contributed by atoms with Crippen LogP contribution in [-0.2, 0) is 4.74 Å². The molecule has 1 saturated carbocycles. The molecule has 16 heavy (non-hydrogen) atoms. The highest BCUT2D eigenvalue weighted by Crippen LogP contribution is 2.30. The van der Waals surface area contributed by atoms with Gasteiger partial charge in [-0.05, 0) is 44.6 Å². The second kappa shape index (κ2) is 7.25. The van der Waals surface area contributed by atoms with E-state index in [-0.39, 0.29) is 12.6 Å². The third kappa shape index (κ3) is 4.40. The summed E-state index contributed by atoms with van der Waals surface area (Å²) in [6.07, 6.45) is 5.04. The molecule has 0 radical (unpaired) electrons. The molecule has 4 unspecified atom stereocenters. The first kappa shape index (κ1) is 13.9. The van der Waals surface area contributed by atoms with Gasteiger partial charge < -0.3 is 15.2 Å². The monoisotopic (exact) mass is 229 g/mol. The highest BCUT2D eigenvalue weighted by atomic mass is 16.5. The lowest BCUT2D eigenvalue weighted by molar-refractivity contribution is -0.00266. The molecule has 1 aliphatic rings. The van der Waals surface area contributed by atoms with Crippen molar-refractivity contribution < 1.29 is 9.84 Å². The molecule has 96 valence electrons. The van der Waals surface area contributed by atoms with E-state index in [1.54, 1.807) is 0 Å². The van der Waals surface area contributed by atoms with Crippen LogP contribution in [0.25, 0.3) is 0 Å². The number of hydrogen-bond acceptors (Lipinski definition) is 3. The molecule has 0 amide bonds. The Morgan fingerprint density at radius 1 is 1.31 bits per heavy atom. The molecule has 0 aromatic rings. The lowest BCUT2D eigenvalue weighted by Gasteiger charge is -2.32. The van der Waals surface area contributed by atoms with Crippen molar-refractivity contribution in [2.24, 2.45) is 11.8 Å². The van der Waals surface area contributed by atoms with E-state index in [2.05, 4.69) is 19.2 Å². The van der Waals surface area contributed by atoms with Crippen LogP contribution < -0.4 is 5.32 Å². The van der Waals surface area contributed by atoms with Crippen LogP contribution in [0, 0.1) is 11.8 Å². The summed E-state index contributed by atoms with van der Waals surface area (Å²) in [5.74, 6) is 1.64. The lowest BCUT2D eigenvalue weighted by atomic mass is 9.80. The highest BCUT2D eigenvalue weighted by Gasteiger charge is 2.24. The number of likely N-dealkylation sites (N-methyl/N-ethyl adjacent to an activating group) is 1. The summed E-state index contributed by atoms with van der Waals surface area (Å²) >= 11 is 0. The van der Waals surface area contributed by atoms with Crippen LogP contribution in [-0.4, -0.2) is 37.5 Å². The Bertz CT molecular complexity index is 183. The van der Waals surface area contributed by atoms with Gasteiger partial charge in [-0.15, -0.1) is 0 Å². The van der Waals surface area contributed by atoms with Gasteiger partial charge in [0, 0.05) is 12.6 Å². The largest absolute Gasteiger partial charge is 0.395 e. The van der Waals surface area contributed by atoms with Crippen LogP contribution in [0.2, 0.25) is 0 Å². The van der Waals surface area contributed by atoms with Gasteiger partial charge in [0.1, 0.15) is 0 Å². The Labute approximate surface area is 99.6 Å². The summed E-state index contributed by atoms with van der Waals surface area (Å²) in [7, 11) is 1.88. The molecule has 0 aromatic heterocycles. The van der Waals surface area contributed by atoms with Crippen LogP contribution >= 0.6 is 0 Å². The summed E-state index contributed by atoms with van der Waals surface area (Å²) in [6.45, 7) is 5.61. The number of hydrogen-bond donors (Lipinski definition) is 2. The van der Waals surface area contributed by atoms with E-state index >= 15 is 0 Å². The van der Waals surface area contributed by atoms with E-state index in [0.717, 1.165) is 24.9 Å². The summed E-state index contributed by atoms with van der Waals surface area (Å²) in [6, 6.07) is 0.180. The average Bonchev–Trinajstić information content (AvgIpc) is 2.29. The Hall–Kier alpha value is -0.120. The molecular formula is C13H27NO2. The minimum atomic E-state index is 0.180. The van der Waals surface area contributed by atoms with Crippen LogP contribution in [0.3, 0.4) is 0 Å². The summed E-state index contributed by atoms with van der Waals surface area (Å²) in [5.41, 5.74) is 0. The Morgan fingerprint density at radius 2 is 2.06 bits per heavy atom. The average molecular weight is 229 g/mol. The van der Waals surface area contributed by atoms with E-state index in [1.807, 2.05) is 7.05 Å². The fraction of sp³-hybridized carbons (Fsp3) is 1.00. The van der Waals surface area contributed by atoms with Crippen molar-refractivity contribution in [1.82, 2.24) is 5.32 Å². The summed E-state index contributed by atoms with van der Waals surface area (Å²) in [4.78, 5) is 0. The van der Waals surface area contributed by atoms with Crippen LogP contribution in [0.1, 0.15) is 39.5 Å². The molecular weight excluding hydrogens is 202 g/mol. The van der Waals surface area contributed by atoms with E-state index in [1.165, 1.54) is 19.3 Å². The van der Waals surface area contributed by atoms with Gasteiger partial charge in [-0.2, -0.15) is 0 Å². The van der Waals surface area contributed by atoms with Crippen molar-refractivity contribution in [3.63, 3.8) is 0 Å². The van der Waals surface area contributed by atoms with Gasteiger partial charge in [-0.25, -0.2) is 0 Å². The van der Waals surface area contributed by atoms with Crippen LogP contribution in [0.15, 0.2) is 0 Å². The molecule has 0 saturated heterocycles. The smallest absolute Gasteiger partial charge is 0.0585 e. The first-order valence-electron chi connectivity index (χ1n) is 6.57. The van der Waals surface area contributed by atoms with E-state index in [9.17, 15) is 0 Å². The third-order valence-corrected chi connectivity index (χ3v) is 4.00. The molecule has 3 nitrogen and oxygen atoms in total. The topological polar surface area (TPSA) is 41.5 Å². The highest BCUT2D eigenvalue weighted by molar-refractivity contribution is 4.75. The molecule has 0 bridgehead atoms. The fourth-order valence-corrected chi connectivity index (χ4v) is 2.35. The quantitative estimate of drug-likeness (QED) is 0.730. The molecule has 0 aliphatic heterocycles. The van der Waals surface area contributed by atoms with E-state index < -0.39 is 0 Å². The van der Waals surface area contributed by atoms with E-state index in [4.69, 9.17) is 9.84 Å². The second-order valence-electron chi connectivity index (χ2n) is 5.22. The van der Waals surface area contributed by atoms with Crippen LogP contribution in [0.4, 0.5) is 0 Å². The standard InChI is InChI=1S/C13H27NO2/c1-10-4-5-13(8-11(10)2)16-7-6-12(9-15)14-3/h10-15H,4-9H2,1-3H3. The molecule has 2 N–H and O–H groups in total. The van der Waals surface area contributed by atoms with Gasteiger partial charge in [0.15, 0.2) is 0 Å². The first-order chi connectivity index (χ1) is 7.67. The third-order valence-electron chi connectivity index (χ3n) is 4.00. The molecule has 1 rings (SSSR count). The normalized spacial score (nSPS) is 32.6. The maximum Gasteiger partial charge on any atom is 0.0585 e. The first-order valence-corrected chi connectivity index (χ1v) is 6.57. The number of ether oxygens (including phenoxy) is 1. The van der Waals surface area contributed by atoms with Crippen molar-refractivity contribution in [2.45, 2.75) is 51.7 Å². The molecule has 0 heterocycles. The van der Waals surface area contributed by atoms with Crippen molar-refractivity contribution in [2.75, 3.05) is 20.3 Å². The van der Waals surface area contributed by atoms with Gasteiger partial charge in [0.05, 0.1) is 12.7 Å². The summed E-state index contributed by atoms with van der Waals surface area (Å²) < 4.78 is 5.88. The number of rotatable bonds is 6. The molecule has 0 spiro atoms. The minimum absolute atomic E-state index is 0.180. The zero-order chi connectivity index (χ0) is 12.0. The predicted octanol–water partition coefficient (Wildman–Crippen LogP) is 1.80. The maximum atomic E-state index is 9.02. The number of aliphatic hydroxyl groups excluding tert-OH is 1. The van der Waals surface area contributed by atoms with Crippen molar-refractivity contribution in [1.29, 1.82) is 0 Å². The zero-order valence-electron chi connectivity index (χ0n) is 10.9. The molecule has 1 fully saturated rings. The van der Waals surface area contributed by atoms with Crippen LogP contribution in [0.5, 0.6) is 0 Å². The van der Waals surface area contributed by atoms with Gasteiger partial charge >= 0.3 is 0 Å². The van der Waals surface area contributed by atoms with Crippen molar-refractivity contribution in [3.8, 4) is 0 Å². The molecule has 0 aromatic carbocycles. The Morgan fingerprint density at radius 3 is 2.62 bits per heavy atom. The molecule has 1 aliphatic carbocycles. The predicted molar refractivity (Wildman–Crippen MR) is 66.5 cm³/mol. The van der Waals surface area contributed by atoms with Gasteiger partial charge in [0.25, 0.3) is 0 Å².